The van der Waals surface area contributed by atoms with Crippen LogP contribution in [0.25, 0.3) is 0 Å². The Bertz CT molecular complexity index is 72.0. The van der Waals surface area contributed by atoms with Crippen LogP contribution >= 0.6 is 0 Å². The minimum absolute atomic E-state index is 0.0917. The molecule has 0 saturated heterocycles. The van der Waals surface area contributed by atoms with Gasteiger partial charge in [-0.25, -0.2) is 0 Å². The fraction of sp³-hybridized carbons (Fsp3) is 1.00. The number of ether oxygens (including phenoxy) is 2. The molecule has 3 nitrogen and oxygen atoms in total. The maximum atomic E-state index is 5.54. The van der Waals surface area contributed by atoms with Gasteiger partial charge in [0.1, 0.15) is 0 Å². The standard InChI is InChI=1S/C7H17NO2/c1-6(8)4-5-7(9-2)10-3/h6-7H,4-5,8H2,1-3H3/t6-/m1/s1. The van der Waals surface area contributed by atoms with Gasteiger partial charge in [0, 0.05) is 20.3 Å². The monoisotopic (exact) mass is 147 g/mol. The molecule has 0 unspecified atom stereocenters. The van der Waals surface area contributed by atoms with Crippen LogP contribution in [0.4, 0.5) is 0 Å². The van der Waals surface area contributed by atoms with Gasteiger partial charge in [0.2, 0.25) is 0 Å². The third kappa shape index (κ3) is 4.73. The first-order valence-electron chi connectivity index (χ1n) is 3.52. The fourth-order valence-electron chi connectivity index (χ4n) is 0.731. The lowest BCUT2D eigenvalue weighted by Gasteiger charge is -2.13. The van der Waals surface area contributed by atoms with Gasteiger partial charge in [-0.1, -0.05) is 0 Å². The van der Waals surface area contributed by atoms with Crippen LogP contribution in [-0.2, 0) is 9.47 Å². The summed E-state index contributed by atoms with van der Waals surface area (Å²) in [6, 6.07) is 0.229. The summed E-state index contributed by atoms with van der Waals surface area (Å²) >= 11 is 0. The zero-order valence-corrected chi connectivity index (χ0v) is 6.96. The molecule has 0 aromatic heterocycles. The molecular formula is C7H17NO2. The van der Waals surface area contributed by atoms with Gasteiger partial charge in [0.15, 0.2) is 6.29 Å². The SMILES string of the molecule is COC(CC[C@@H](C)N)OC. The first-order chi connectivity index (χ1) is 4.70. The number of methoxy groups -OCH3 is 2. The Morgan fingerprint density at radius 1 is 1.20 bits per heavy atom. The van der Waals surface area contributed by atoms with Crippen molar-refractivity contribution in [1.82, 2.24) is 0 Å². The molecule has 0 spiro atoms. The highest BCUT2D eigenvalue weighted by Crippen LogP contribution is 2.02. The van der Waals surface area contributed by atoms with Crippen molar-refractivity contribution in [3.8, 4) is 0 Å². The minimum Gasteiger partial charge on any atom is -0.356 e. The van der Waals surface area contributed by atoms with Gasteiger partial charge in [-0.05, 0) is 19.8 Å². The molecule has 0 saturated carbocycles. The first kappa shape index (κ1) is 9.88. The minimum atomic E-state index is -0.0917. The van der Waals surface area contributed by atoms with E-state index in [2.05, 4.69) is 0 Å². The molecule has 0 radical (unpaired) electrons. The molecule has 0 aromatic rings. The largest absolute Gasteiger partial charge is 0.356 e. The Morgan fingerprint density at radius 2 is 1.70 bits per heavy atom. The molecule has 0 aromatic carbocycles. The Balaban J connectivity index is 3.26. The molecular weight excluding hydrogens is 130 g/mol. The van der Waals surface area contributed by atoms with Crippen LogP contribution in [0.15, 0.2) is 0 Å². The average Bonchev–Trinajstić information content (AvgIpc) is 1.90. The van der Waals surface area contributed by atoms with Crippen LogP contribution in [0.5, 0.6) is 0 Å². The fourth-order valence-corrected chi connectivity index (χ4v) is 0.731. The highest BCUT2D eigenvalue weighted by molar-refractivity contribution is 4.54. The van der Waals surface area contributed by atoms with E-state index in [4.69, 9.17) is 15.2 Å². The topological polar surface area (TPSA) is 44.5 Å². The molecule has 2 N–H and O–H groups in total. The van der Waals surface area contributed by atoms with Crippen molar-refractivity contribution in [3.63, 3.8) is 0 Å². The molecule has 0 aliphatic rings. The van der Waals surface area contributed by atoms with Crippen molar-refractivity contribution in [1.29, 1.82) is 0 Å². The van der Waals surface area contributed by atoms with E-state index in [-0.39, 0.29) is 12.3 Å². The molecule has 0 rings (SSSR count). The van der Waals surface area contributed by atoms with Gasteiger partial charge in [0.25, 0.3) is 0 Å². The maximum absolute atomic E-state index is 5.54. The molecule has 10 heavy (non-hydrogen) atoms. The number of hydrogen-bond acceptors (Lipinski definition) is 3. The molecule has 3 heteroatoms. The van der Waals surface area contributed by atoms with Crippen molar-refractivity contribution >= 4 is 0 Å². The Hall–Kier alpha value is -0.120. The van der Waals surface area contributed by atoms with E-state index >= 15 is 0 Å². The summed E-state index contributed by atoms with van der Waals surface area (Å²) in [5, 5.41) is 0. The van der Waals surface area contributed by atoms with Gasteiger partial charge < -0.3 is 15.2 Å². The number of hydrogen-bond donors (Lipinski definition) is 1. The van der Waals surface area contributed by atoms with E-state index in [0.29, 0.717) is 0 Å². The molecule has 0 amide bonds. The highest BCUT2D eigenvalue weighted by atomic mass is 16.7. The van der Waals surface area contributed by atoms with Crippen molar-refractivity contribution < 1.29 is 9.47 Å². The van der Waals surface area contributed by atoms with Gasteiger partial charge >= 0.3 is 0 Å². The predicted molar refractivity (Wildman–Crippen MR) is 40.7 cm³/mol. The van der Waals surface area contributed by atoms with Gasteiger partial charge in [0.05, 0.1) is 0 Å². The zero-order chi connectivity index (χ0) is 7.98. The normalized spacial score (nSPS) is 14.1. The maximum Gasteiger partial charge on any atom is 0.156 e. The summed E-state index contributed by atoms with van der Waals surface area (Å²) in [6.07, 6.45) is 1.71. The van der Waals surface area contributed by atoms with Crippen LogP contribution in [-0.4, -0.2) is 26.6 Å². The van der Waals surface area contributed by atoms with E-state index < -0.39 is 0 Å². The van der Waals surface area contributed by atoms with Gasteiger partial charge in [-0.15, -0.1) is 0 Å². The molecule has 1 atom stereocenters. The summed E-state index contributed by atoms with van der Waals surface area (Å²) < 4.78 is 9.94. The third-order valence-electron chi connectivity index (χ3n) is 1.38. The van der Waals surface area contributed by atoms with Crippen molar-refractivity contribution in [2.45, 2.75) is 32.1 Å². The highest BCUT2D eigenvalue weighted by Gasteiger charge is 2.05. The zero-order valence-electron chi connectivity index (χ0n) is 6.96. The molecule has 0 bridgehead atoms. The van der Waals surface area contributed by atoms with Crippen molar-refractivity contribution in [2.24, 2.45) is 5.73 Å². The molecule has 0 aliphatic carbocycles. The molecule has 0 heterocycles. The van der Waals surface area contributed by atoms with E-state index in [9.17, 15) is 0 Å². The second-order valence-electron chi connectivity index (χ2n) is 2.46. The van der Waals surface area contributed by atoms with E-state index in [0.717, 1.165) is 12.8 Å². The second kappa shape index (κ2) is 5.65. The Labute approximate surface area is 62.5 Å². The van der Waals surface area contributed by atoms with Crippen LogP contribution < -0.4 is 5.73 Å². The van der Waals surface area contributed by atoms with Gasteiger partial charge in [-0.2, -0.15) is 0 Å². The lowest BCUT2D eigenvalue weighted by Crippen LogP contribution is -2.20. The average molecular weight is 147 g/mol. The third-order valence-corrected chi connectivity index (χ3v) is 1.38. The van der Waals surface area contributed by atoms with Crippen LogP contribution in [0.2, 0.25) is 0 Å². The smallest absolute Gasteiger partial charge is 0.156 e. The summed E-state index contributed by atoms with van der Waals surface area (Å²) in [5.74, 6) is 0. The van der Waals surface area contributed by atoms with E-state index in [1.807, 2.05) is 6.92 Å². The Morgan fingerprint density at radius 3 is 2.00 bits per heavy atom. The molecule has 0 aliphatic heterocycles. The number of rotatable bonds is 5. The van der Waals surface area contributed by atoms with E-state index in [1.165, 1.54) is 0 Å². The summed E-state index contributed by atoms with van der Waals surface area (Å²) in [5.41, 5.74) is 5.54. The lowest BCUT2D eigenvalue weighted by molar-refractivity contribution is -0.107. The predicted octanol–water partition coefficient (Wildman–Crippen LogP) is 0.733. The molecule has 0 fully saturated rings. The summed E-state index contributed by atoms with van der Waals surface area (Å²) in [6.45, 7) is 1.97. The lowest BCUT2D eigenvalue weighted by atomic mass is 10.2. The summed E-state index contributed by atoms with van der Waals surface area (Å²) in [7, 11) is 3.27. The van der Waals surface area contributed by atoms with Crippen molar-refractivity contribution in [3.05, 3.63) is 0 Å². The second-order valence-corrected chi connectivity index (χ2v) is 2.46. The summed E-state index contributed by atoms with van der Waals surface area (Å²) in [4.78, 5) is 0. The van der Waals surface area contributed by atoms with E-state index in [1.54, 1.807) is 14.2 Å². The van der Waals surface area contributed by atoms with Crippen molar-refractivity contribution in [2.75, 3.05) is 14.2 Å². The Kier molecular flexibility index (Phi) is 5.58. The quantitative estimate of drug-likeness (QED) is 0.583. The van der Waals surface area contributed by atoms with Crippen LogP contribution in [0, 0.1) is 0 Å². The van der Waals surface area contributed by atoms with Crippen LogP contribution in [0.3, 0.4) is 0 Å². The van der Waals surface area contributed by atoms with Gasteiger partial charge in [-0.3, -0.25) is 0 Å². The van der Waals surface area contributed by atoms with Crippen LogP contribution in [0.1, 0.15) is 19.8 Å². The number of nitrogens with two attached hydrogens (primary N) is 1. The first-order valence-corrected chi connectivity index (χ1v) is 3.52. The molecule has 62 valence electrons.